The van der Waals surface area contributed by atoms with Crippen LogP contribution in [0.5, 0.6) is 0 Å². The van der Waals surface area contributed by atoms with E-state index in [0.717, 1.165) is 6.07 Å². The maximum atomic E-state index is 12.8. The van der Waals surface area contributed by atoms with Gasteiger partial charge in [0.1, 0.15) is 0 Å². The molecule has 1 heterocycles. The molecule has 0 bridgehead atoms. The number of rotatable bonds is 1. The lowest BCUT2D eigenvalue weighted by Gasteiger charge is -2.11. The minimum absolute atomic E-state index is 0.0325. The van der Waals surface area contributed by atoms with E-state index < -0.39 is 11.7 Å². The molecule has 0 aliphatic heterocycles. The predicted molar refractivity (Wildman–Crippen MR) is 65.2 cm³/mol. The molecule has 94 valence electrons. The first-order chi connectivity index (χ1) is 8.39. The molecule has 0 saturated carbocycles. The third-order valence-corrected chi connectivity index (χ3v) is 3.33. The van der Waals surface area contributed by atoms with Gasteiger partial charge in [0.25, 0.3) is 0 Å². The summed E-state index contributed by atoms with van der Waals surface area (Å²) >= 11 is 8.76. The molecule has 2 aromatic rings. The molecule has 0 amide bonds. The molecule has 0 atom stereocenters. The summed E-state index contributed by atoms with van der Waals surface area (Å²) in [5.74, 6) is 0. The Morgan fingerprint density at radius 2 is 1.78 bits per heavy atom. The first-order valence-electron chi connectivity index (χ1n) is 4.75. The van der Waals surface area contributed by atoms with Crippen molar-refractivity contribution in [2.45, 2.75) is 6.18 Å². The normalized spacial score (nSPS) is 11.6. The van der Waals surface area contributed by atoms with Crippen LogP contribution < -0.4 is 0 Å². The monoisotopic (exact) mass is 336 g/mol. The van der Waals surface area contributed by atoms with Gasteiger partial charge in [0.15, 0.2) is 5.15 Å². The minimum Gasteiger partial charge on any atom is -0.166 e. The fraction of sp³-hybridized carbons (Fsp3) is 0.0909. The van der Waals surface area contributed by atoms with Crippen LogP contribution in [-0.4, -0.2) is 10.2 Å². The van der Waals surface area contributed by atoms with Crippen molar-refractivity contribution in [2.75, 3.05) is 0 Å². The highest BCUT2D eigenvalue weighted by atomic mass is 79.9. The van der Waals surface area contributed by atoms with Gasteiger partial charge in [-0.1, -0.05) is 29.8 Å². The van der Waals surface area contributed by atoms with Crippen LogP contribution in [0.3, 0.4) is 0 Å². The number of hydrogen-bond acceptors (Lipinski definition) is 2. The van der Waals surface area contributed by atoms with Crippen LogP contribution in [0.25, 0.3) is 11.3 Å². The van der Waals surface area contributed by atoms with Crippen molar-refractivity contribution in [3.8, 4) is 11.3 Å². The molecule has 0 fully saturated rings. The summed E-state index contributed by atoms with van der Waals surface area (Å²) in [4.78, 5) is 0. The van der Waals surface area contributed by atoms with Crippen molar-refractivity contribution < 1.29 is 13.2 Å². The largest absolute Gasteiger partial charge is 0.417 e. The Labute approximate surface area is 114 Å². The fourth-order valence-electron chi connectivity index (χ4n) is 1.44. The quantitative estimate of drug-likeness (QED) is 0.761. The van der Waals surface area contributed by atoms with Crippen molar-refractivity contribution in [3.05, 3.63) is 45.5 Å². The van der Waals surface area contributed by atoms with Crippen molar-refractivity contribution in [2.24, 2.45) is 0 Å². The molecule has 0 aliphatic carbocycles. The fourth-order valence-corrected chi connectivity index (χ4v) is 1.83. The van der Waals surface area contributed by atoms with Gasteiger partial charge in [-0.2, -0.15) is 13.2 Å². The second kappa shape index (κ2) is 4.85. The van der Waals surface area contributed by atoms with Gasteiger partial charge in [-0.05, 0) is 28.1 Å². The predicted octanol–water partition coefficient (Wildman–Crippen LogP) is 4.58. The van der Waals surface area contributed by atoms with Crippen molar-refractivity contribution in [1.29, 1.82) is 0 Å². The molecule has 18 heavy (non-hydrogen) atoms. The molecule has 2 nitrogen and oxygen atoms in total. The lowest BCUT2D eigenvalue weighted by atomic mass is 10.0. The van der Waals surface area contributed by atoms with Gasteiger partial charge < -0.3 is 0 Å². The first-order valence-corrected chi connectivity index (χ1v) is 5.92. The van der Waals surface area contributed by atoms with Crippen LogP contribution in [0, 0.1) is 0 Å². The SMILES string of the molecule is FC(F)(F)c1ccccc1-c1cc(Br)c(Cl)nn1. The molecule has 7 heteroatoms. The van der Waals surface area contributed by atoms with E-state index in [9.17, 15) is 13.2 Å². The maximum absolute atomic E-state index is 12.8. The number of benzene rings is 1. The summed E-state index contributed by atoms with van der Waals surface area (Å²) in [6.45, 7) is 0. The summed E-state index contributed by atoms with van der Waals surface area (Å²) in [5, 5.41) is 7.35. The summed E-state index contributed by atoms with van der Waals surface area (Å²) in [5.41, 5.74) is -0.678. The van der Waals surface area contributed by atoms with Gasteiger partial charge in [-0.15, -0.1) is 10.2 Å². The van der Waals surface area contributed by atoms with E-state index in [0.29, 0.717) is 4.47 Å². The van der Waals surface area contributed by atoms with E-state index in [1.165, 1.54) is 24.3 Å². The molecule has 0 saturated heterocycles. The van der Waals surface area contributed by atoms with Crippen LogP contribution in [0.15, 0.2) is 34.8 Å². The highest BCUT2D eigenvalue weighted by Gasteiger charge is 2.33. The summed E-state index contributed by atoms with van der Waals surface area (Å²) in [7, 11) is 0. The molecule has 2 rings (SSSR count). The highest BCUT2D eigenvalue weighted by Crippen LogP contribution is 2.37. The molecule has 0 spiro atoms. The van der Waals surface area contributed by atoms with Gasteiger partial charge >= 0.3 is 6.18 Å². The summed E-state index contributed by atoms with van der Waals surface area (Å²) in [6.07, 6.45) is -4.44. The minimum atomic E-state index is -4.44. The average molecular weight is 338 g/mol. The van der Waals surface area contributed by atoms with Crippen molar-refractivity contribution >= 4 is 27.5 Å². The van der Waals surface area contributed by atoms with E-state index in [-0.39, 0.29) is 16.4 Å². The van der Waals surface area contributed by atoms with Crippen LogP contribution in [0.2, 0.25) is 5.15 Å². The number of halogens is 5. The Morgan fingerprint density at radius 3 is 2.39 bits per heavy atom. The second-order valence-corrected chi connectivity index (χ2v) is 4.62. The smallest absolute Gasteiger partial charge is 0.166 e. The molecule has 0 radical (unpaired) electrons. The van der Waals surface area contributed by atoms with Crippen LogP contribution >= 0.6 is 27.5 Å². The molecule has 0 aliphatic rings. The molecular formula is C11H5BrClF3N2. The van der Waals surface area contributed by atoms with Gasteiger partial charge in [0.2, 0.25) is 0 Å². The summed E-state index contributed by atoms with van der Waals surface area (Å²) < 4.78 is 38.9. The topological polar surface area (TPSA) is 25.8 Å². The zero-order valence-electron chi connectivity index (χ0n) is 8.67. The number of aromatic nitrogens is 2. The number of hydrogen-bond donors (Lipinski definition) is 0. The van der Waals surface area contributed by atoms with E-state index in [2.05, 4.69) is 26.1 Å². The van der Waals surface area contributed by atoms with E-state index in [4.69, 9.17) is 11.6 Å². The van der Waals surface area contributed by atoms with Crippen LogP contribution in [0.4, 0.5) is 13.2 Å². The Hall–Kier alpha value is -1.14. The Kier molecular flexibility index (Phi) is 3.59. The molecule has 0 unspecified atom stereocenters. The molecule has 1 aromatic carbocycles. The maximum Gasteiger partial charge on any atom is 0.417 e. The zero-order chi connectivity index (χ0) is 13.3. The van der Waals surface area contributed by atoms with E-state index in [1.54, 1.807) is 0 Å². The Morgan fingerprint density at radius 1 is 1.11 bits per heavy atom. The third kappa shape index (κ3) is 2.64. The molecule has 1 aromatic heterocycles. The average Bonchev–Trinajstić information content (AvgIpc) is 2.32. The third-order valence-electron chi connectivity index (χ3n) is 2.21. The zero-order valence-corrected chi connectivity index (χ0v) is 11.0. The molecule has 0 N–H and O–H groups in total. The van der Waals surface area contributed by atoms with E-state index >= 15 is 0 Å². The lowest BCUT2D eigenvalue weighted by Crippen LogP contribution is -2.07. The van der Waals surface area contributed by atoms with Gasteiger partial charge in [0, 0.05) is 5.56 Å². The van der Waals surface area contributed by atoms with Gasteiger partial charge in [-0.25, -0.2) is 0 Å². The number of alkyl halides is 3. The second-order valence-electron chi connectivity index (χ2n) is 3.41. The van der Waals surface area contributed by atoms with Crippen molar-refractivity contribution in [3.63, 3.8) is 0 Å². The first kappa shape index (κ1) is 13.3. The highest BCUT2D eigenvalue weighted by molar-refractivity contribution is 9.10. The lowest BCUT2D eigenvalue weighted by molar-refractivity contribution is -0.137. The standard InChI is InChI=1S/C11H5BrClF3N2/c12-8-5-9(17-18-10(8)13)6-3-1-2-4-7(6)11(14,15)16/h1-5H. The summed E-state index contributed by atoms with van der Waals surface area (Å²) in [6, 6.07) is 6.58. The Bertz CT molecular complexity index is 587. The van der Waals surface area contributed by atoms with Crippen LogP contribution in [-0.2, 0) is 6.18 Å². The van der Waals surface area contributed by atoms with Gasteiger partial charge in [0.05, 0.1) is 15.7 Å². The van der Waals surface area contributed by atoms with E-state index in [1.807, 2.05) is 0 Å². The van der Waals surface area contributed by atoms with Crippen molar-refractivity contribution in [1.82, 2.24) is 10.2 Å². The molecular weight excluding hydrogens is 332 g/mol. The van der Waals surface area contributed by atoms with Gasteiger partial charge in [-0.3, -0.25) is 0 Å². The number of nitrogens with zero attached hydrogens (tertiary/aromatic N) is 2. The van der Waals surface area contributed by atoms with Crippen LogP contribution in [0.1, 0.15) is 5.56 Å². The Balaban J connectivity index is 2.61.